The minimum absolute atomic E-state index is 0.0573. The Morgan fingerprint density at radius 3 is 2.69 bits per heavy atom. The van der Waals surface area contributed by atoms with Crippen LogP contribution in [-0.4, -0.2) is 10.5 Å². The molecule has 0 bridgehead atoms. The molecule has 0 saturated heterocycles. The summed E-state index contributed by atoms with van der Waals surface area (Å²) >= 11 is 3.25. The van der Waals surface area contributed by atoms with Gasteiger partial charge in [-0.3, -0.25) is 10.1 Å². The van der Waals surface area contributed by atoms with Crippen molar-refractivity contribution in [3.63, 3.8) is 0 Å². The Labute approximate surface area is 102 Å². The van der Waals surface area contributed by atoms with Gasteiger partial charge in [-0.2, -0.15) is 0 Å². The van der Waals surface area contributed by atoms with E-state index < -0.39 is 10.5 Å². The van der Waals surface area contributed by atoms with Crippen molar-refractivity contribution in [3.8, 4) is 5.75 Å². The summed E-state index contributed by atoms with van der Waals surface area (Å²) in [7, 11) is 0. The van der Waals surface area contributed by atoms with Gasteiger partial charge in [-0.15, -0.1) is 0 Å². The van der Waals surface area contributed by atoms with Crippen LogP contribution >= 0.6 is 15.9 Å². The van der Waals surface area contributed by atoms with Crippen molar-refractivity contribution < 1.29 is 9.66 Å². The van der Waals surface area contributed by atoms with Gasteiger partial charge in [0.2, 0.25) is 0 Å². The van der Waals surface area contributed by atoms with Crippen molar-refractivity contribution >= 4 is 21.6 Å². The van der Waals surface area contributed by atoms with E-state index in [-0.39, 0.29) is 11.4 Å². The van der Waals surface area contributed by atoms with Gasteiger partial charge in [0.25, 0.3) is 0 Å². The fourth-order valence-corrected chi connectivity index (χ4v) is 1.39. The van der Waals surface area contributed by atoms with Crippen LogP contribution in [0.3, 0.4) is 0 Å². The minimum Gasteiger partial charge on any atom is -0.477 e. The molecule has 1 rings (SSSR count). The summed E-state index contributed by atoms with van der Waals surface area (Å²) < 4.78 is 6.26. The fourth-order valence-electron chi connectivity index (χ4n) is 1.05. The number of ether oxygens (including phenoxy) is 1. The topological polar surface area (TPSA) is 52.4 Å². The first-order valence-electron chi connectivity index (χ1n) is 4.62. The van der Waals surface area contributed by atoms with E-state index in [0.717, 1.165) is 4.47 Å². The zero-order valence-electron chi connectivity index (χ0n) is 9.07. The van der Waals surface area contributed by atoms with E-state index in [1.54, 1.807) is 32.1 Å². The van der Waals surface area contributed by atoms with Gasteiger partial charge in [-0.05, 0) is 26.0 Å². The molecule has 0 aliphatic rings. The first-order chi connectivity index (χ1) is 7.35. The van der Waals surface area contributed by atoms with Gasteiger partial charge in [-0.1, -0.05) is 22.5 Å². The molecule has 0 aliphatic heterocycles. The van der Waals surface area contributed by atoms with E-state index in [1.807, 2.05) is 0 Å². The molecule has 0 spiro atoms. The lowest BCUT2D eigenvalue weighted by Crippen LogP contribution is -2.25. The minimum atomic E-state index is -0.647. The summed E-state index contributed by atoms with van der Waals surface area (Å²) in [5.41, 5.74) is -0.705. The van der Waals surface area contributed by atoms with Crippen LogP contribution in [0.4, 0.5) is 5.69 Å². The van der Waals surface area contributed by atoms with Gasteiger partial charge in [-0.25, -0.2) is 0 Å². The van der Waals surface area contributed by atoms with E-state index in [0.29, 0.717) is 0 Å². The lowest BCUT2D eigenvalue weighted by atomic mass is 10.1. The third-order valence-electron chi connectivity index (χ3n) is 1.98. The lowest BCUT2D eigenvalue weighted by Gasteiger charge is -2.22. The zero-order valence-corrected chi connectivity index (χ0v) is 10.7. The maximum atomic E-state index is 10.8. The molecule has 4 nitrogen and oxygen atoms in total. The Balaban J connectivity index is 3.15. The molecule has 0 amide bonds. The SMILES string of the molecule is C=CC(C)(C)Oc1cc(Br)ccc1[N+](=O)[O-]. The molecule has 0 radical (unpaired) electrons. The van der Waals surface area contributed by atoms with Gasteiger partial charge in [0, 0.05) is 16.6 Å². The first kappa shape index (κ1) is 12.7. The molecule has 16 heavy (non-hydrogen) atoms. The third-order valence-corrected chi connectivity index (χ3v) is 2.48. The molecule has 0 N–H and O–H groups in total. The van der Waals surface area contributed by atoms with Crippen LogP contribution in [0.15, 0.2) is 35.3 Å². The second-order valence-corrected chi connectivity index (χ2v) is 4.69. The molecule has 0 fully saturated rings. The molecule has 5 heteroatoms. The maximum absolute atomic E-state index is 10.8. The summed E-state index contributed by atoms with van der Waals surface area (Å²) in [6.07, 6.45) is 1.59. The van der Waals surface area contributed by atoms with Gasteiger partial charge in [0.05, 0.1) is 4.92 Å². The first-order valence-corrected chi connectivity index (χ1v) is 5.41. The highest BCUT2D eigenvalue weighted by Gasteiger charge is 2.22. The summed E-state index contributed by atoms with van der Waals surface area (Å²) in [5.74, 6) is 0.226. The maximum Gasteiger partial charge on any atom is 0.311 e. The average molecular weight is 286 g/mol. The van der Waals surface area contributed by atoms with Crippen molar-refractivity contribution in [1.29, 1.82) is 0 Å². The van der Waals surface area contributed by atoms with Gasteiger partial charge in [0.1, 0.15) is 5.60 Å². The fraction of sp³-hybridized carbons (Fsp3) is 0.273. The Hall–Kier alpha value is -1.36. The normalized spacial score (nSPS) is 10.9. The van der Waals surface area contributed by atoms with Crippen LogP contribution < -0.4 is 4.74 Å². The number of nitro benzene ring substituents is 1. The number of nitrogens with zero attached hydrogens (tertiary/aromatic N) is 1. The van der Waals surface area contributed by atoms with E-state index in [9.17, 15) is 10.1 Å². The van der Waals surface area contributed by atoms with E-state index >= 15 is 0 Å². The van der Waals surface area contributed by atoms with Crippen molar-refractivity contribution in [1.82, 2.24) is 0 Å². The Bertz CT molecular complexity index is 429. The molecule has 0 heterocycles. The predicted octanol–water partition coefficient (Wildman–Crippen LogP) is 3.70. The van der Waals surface area contributed by atoms with Crippen LogP contribution in [0.1, 0.15) is 13.8 Å². The van der Waals surface area contributed by atoms with Gasteiger partial charge >= 0.3 is 5.69 Å². The Morgan fingerprint density at radius 1 is 1.56 bits per heavy atom. The summed E-state index contributed by atoms with van der Waals surface area (Å²) in [6, 6.07) is 4.58. The molecule has 0 unspecified atom stereocenters. The standard InChI is InChI=1S/C11H12BrNO3/c1-4-11(2,3)16-10-7-8(12)5-6-9(10)13(14)15/h4-7H,1H2,2-3H3. The van der Waals surface area contributed by atoms with E-state index in [2.05, 4.69) is 22.5 Å². The molecule has 1 aromatic carbocycles. The van der Waals surface area contributed by atoms with Gasteiger partial charge in [0.15, 0.2) is 5.75 Å². The third kappa shape index (κ3) is 3.06. The second-order valence-electron chi connectivity index (χ2n) is 3.78. The average Bonchev–Trinajstić information content (AvgIpc) is 2.16. The highest BCUT2D eigenvalue weighted by molar-refractivity contribution is 9.10. The van der Waals surface area contributed by atoms with Gasteiger partial charge < -0.3 is 4.74 Å². The Morgan fingerprint density at radius 2 is 2.19 bits per heavy atom. The molecule has 0 aliphatic carbocycles. The van der Waals surface area contributed by atoms with Crippen LogP contribution in [0.25, 0.3) is 0 Å². The van der Waals surface area contributed by atoms with Crippen molar-refractivity contribution in [3.05, 3.63) is 45.4 Å². The molecular formula is C11H12BrNO3. The van der Waals surface area contributed by atoms with Crippen molar-refractivity contribution in [2.45, 2.75) is 19.4 Å². The molecular weight excluding hydrogens is 274 g/mol. The molecule has 0 atom stereocenters. The largest absolute Gasteiger partial charge is 0.477 e. The molecule has 0 saturated carbocycles. The Kier molecular flexibility index (Phi) is 3.70. The smallest absolute Gasteiger partial charge is 0.311 e. The monoisotopic (exact) mass is 285 g/mol. The molecule has 1 aromatic rings. The van der Waals surface area contributed by atoms with Crippen LogP contribution in [0, 0.1) is 10.1 Å². The molecule has 86 valence electrons. The quantitative estimate of drug-likeness (QED) is 0.481. The van der Waals surface area contributed by atoms with E-state index in [1.165, 1.54) is 6.07 Å². The van der Waals surface area contributed by atoms with Crippen molar-refractivity contribution in [2.24, 2.45) is 0 Å². The number of benzene rings is 1. The number of nitro groups is 1. The van der Waals surface area contributed by atoms with E-state index in [4.69, 9.17) is 4.74 Å². The predicted molar refractivity (Wildman–Crippen MR) is 65.7 cm³/mol. The summed E-state index contributed by atoms with van der Waals surface area (Å²) in [4.78, 5) is 10.3. The number of rotatable bonds is 4. The second kappa shape index (κ2) is 4.65. The number of halogens is 1. The molecule has 0 aromatic heterocycles. The zero-order chi connectivity index (χ0) is 12.3. The van der Waals surface area contributed by atoms with Crippen LogP contribution in [-0.2, 0) is 0 Å². The summed E-state index contributed by atoms with van der Waals surface area (Å²) in [5, 5.41) is 10.8. The van der Waals surface area contributed by atoms with Crippen molar-refractivity contribution in [2.75, 3.05) is 0 Å². The van der Waals surface area contributed by atoms with Crippen LogP contribution in [0.5, 0.6) is 5.75 Å². The lowest BCUT2D eigenvalue weighted by molar-refractivity contribution is -0.386. The highest BCUT2D eigenvalue weighted by atomic mass is 79.9. The highest BCUT2D eigenvalue weighted by Crippen LogP contribution is 2.32. The van der Waals surface area contributed by atoms with Crippen LogP contribution in [0.2, 0.25) is 0 Å². The number of hydrogen-bond acceptors (Lipinski definition) is 3. The summed E-state index contributed by atoms with van der Waals surface area (Å²) in [6.45, 7) is 7.18. The number of hydrogen-bond donors (Lipinski definition) is 0.